The molecular weight excluding hydrogens is 410 g/mol. The Morgan fingerprint density at radius 1 is 1.14 bits per heavy atom. The van der Waals surface area contributed by atoms with Crippen LogP contribution in [0.1, 0.15) is 39.1 Å². The highest BCUT2D eigenvalue weighted by Crippen LogP contribution is 2.24. The van der Waals surface area contributed by atoms with Gasteiger partial charge in [0.25, 0.3) is 11.8 Å². The maximum Gasteiger partial charge on any atom is 0.255 e. The van der Waals surface area contributed by atoms with Gasteiger partial charge in [0.2, 0.25) is 0 Å². The molecule has 1 aliphatic carbocycles. The number of rotatable bonds is 7. The number of hydrogen-bond donors (Lipinski definition) is 3. The van der Waals surface area contributed by atoms with Crippen LogP contribution in [0.2, 0.25) is 5.02 Å². The monoisotopic (exact) mass is 427 g/mol. The van der Waals surface area contributed by atoms with Crippen molar-refractivity contribution in [3.05, 3.63) is 70.5 Å². The number of halogens is 1. The largest absolute Gasteiger partial charge is 0.349 e. The van der Waals surface area contributed by atoms with Gasteiger partial charge < -0.3 is 10.6 Å². The molecule has 148 valence electrons. The smallest absolute Gasteiger partial charge is 0.255 e. The van der Waals surface area contributed by atoms with E-state index in [4.69, 9.17) is 11.6 Å². The Bertz CT molecular complexity index is 1020. The number of nitrogens with zero attached hydrogens (tertiary/aromatic N) is 2. The fraction of sp³-hybridized carbons (Fsp3) is 0.200. The summed E-state index contributed by atoms with van der Waals surface area (Å²) in [6.45, 7) is 0. The quantitative estimate of drug-likeness (QED) is 0.496. The number of amides is 2. The SMILES string of the molecule is O=C(Nc1ccc(C(=O)NC2CC2)c(Cl)c1)c1ccc(CSc2ncn[nH]2)cc1. The van der Waals surface area contributed by atoms with Crippen LogP contribution >= 0.6 is 23.4 Å². The Labute approximate surface area is 176 Å². The van der Waals surface area contributed by atoms with Gasteiger partial charge in [-0.15, -0.1) is 0 Å². The van der Waals surface area contributed by atoms with Crippen molar-refractivity contribution in [2.45, 2.75) is 29.8 Å². The first-order chi connectivity index (χ1) is 14.1. The lowest BCUT2D eigenvalue weighted by Crippen LogP contribution is -2.25. The summed E-state index contributed by atoms with van der Waals surface area (Å²) in [5, 5.41) is 13.4. The first-order valence-electron chi connectivity index (χ1n) is 9.07. The topological polar surface area (TPSA) is 99.8 Å². The molecule has 9 heteroatoms. The second-order valence-electron chi connectivity index (χ2n) is 6.67. The molecule has 4 rings (SSSR count). The Morgan fingerprint density at radius 3 is 2.59 bits per heavy atom. The number of aromatic nitrogens is 3. The average Bonchev–Trinajstić information content (AvgIpc) is 3.37. The molecule has 2 amide bonds. The van der Waals surface area contributed by atoms with Crippen LogP contribution in [-0.4, -0.2) is 33.0 Å². The van der Waals surface area contributed by atoms with Crippen LogP contribution in [-0.2, 0) is 5.75 Å². The number of hydrogen-bond acceptors (Lipinski definition) is 5. The van der Waals surface area contributed by atoms with E-state index in [9.17, 15) is 9.59 Å². The van der Waals surface area contributed by atoms with Gasteiger partial charge in [0, 0.05) is 23.0 Å². The number of anilines is 1. The van der Waals surface area contributed by atoms with E-state index >= 15 is 0 Å². The predicted octanol–water partition coefficient (Wildman–Crippen LogP) is 3.89. The zero-order chi connectivity index (χ0) is 20.2. The minimum absolute atomic E-state index is 0.186. The van der Waals surface area contributed by atoms with Crippen LogP contribution in [0.25, 0.3) is 0 Å². The number of carbonyl (C=O) groups is 2. The maximum absolute atomic E-state index is 12.5. The molecule has 1 aliphatic rings. The summed E-state index contributed by atoms with van der Waals surface area (Å²) < 4.78 is 0. The van der Waals surface area contributed by atoms with Gasteiger partial charge in [-0.25, -0.2) is 4.98 Å². The number of H-pyrrole nitrogens is 1. The second kappa shape index (κ2) is 8.67. The van der Waals surface area contributed by atoms with Crippen LogP contribution in [0.4, 0.5) is 5.69 Å². The molecule has 0 unspecified atom stereocenters. The third kappa shape index (κ3) is 5.16. The summed E-state index contributed by atoms with van der Waals surface area (Å²) in [4.78, 5) is 28.7. The molecule has 0 aliphatic heterocycles. The fourth-order valence-corrected chi connectivity index (χ4v) is 3.64. The van der Waals surface area contributed by atoms with E-state index in [2.05, 4.69) is 25.8 Å². The van der Waals surface area contributed by atoms with Gasteiger partial charge in [-0.2, -0.15) is 5.10 Å². The molecule has 0 saturated heterocycles. The first kappa shape index (κ1) is 19.5. The highest BCUT2D eigenvalue weighted by Gasteiger charge is 2.24. The minimum Gasteiger partial charge on any atom is -0.349 e. The lowest BCUT2D eigenvalue weighted by atomic mass is 10.1. The number of carbonyl (C=O) groups excluding carboxylic acids is 2. The summed E-state index contributed by atoms with van der Waals surface area (Å²) in [5.41, 5.74) is 2.54. The van der Waals surface area contributed by atoms with Crippen molar-refractivity contribution in [1.82, 2.24) is 20.5 Å². The summed E-state index contributed by atoms with van der Waals surface area (Å²) in [7, 11) is 0. The fourth-order valence-electron chi connectivity index (χ4n) is 2.64. The van der Waals surface area contributed by atoms with E-state index in [1.165, 1.54) is 18.1 Å². The number of aromatic amines is 1. The molecule has 1 aromatic heterocycles. The summed E-state index contributed by atoms with van der Waals surface area (Å²) in [6.07, 6.45) is 3.48. The lowest BCUT2D eigenvalue weighted by Gasteiger charge is -2.09. The Morgan fingerprint density at radius 2 is 1.93 bits per heavy atom. The highest BCUT2D eigenvalue weighted by molar-refractivity contribution is 7.98. The number of thioether (sulfide) groups is 1. The third-order valence-electron chi connectivity index (χ3n) is 4.37. The van der Waals surface area contributed by atoms with Crippen LogP contribution in [0.3, 0.4) is 0 Å². The number of benzene rings is 2. The van der Waals surface area contributed by atoms with Gasteiger partial charge in [-0.1, -0.05) is 35.5 Å². The van der Waals surface area contributed by atoms with Gasteiger partial charge in [0.15, 0.2) is 5.16 Å². The van der Waals surface area contributed by atoms with Crippen LogP contribution < -0.4 is 10.6 Å². The van der Waals surface area contributed by atoms with Crippen molar-refractivity contribution in [2.75, 3.05) is 5.32 Å². The Hall–Kier alpha value is -2.84. The molecule has 0 atom stereocenters. The van der Waals surface area contributed by atoms with E-state index in [1.807, 2.05) is 12.1 Å². The van der Waals surface area contributed by atoms with Crippen LogP contribution in [0, 0.1) is 0 Å². The van der Waals surface area contributed by atoms with E-state index in [1.54, 1.807) is 30.3 Å². The molecule has 7 nitrogen and oxygen atoms in total. The molecule has 2 aromatic carbocycles. The molecule has 1 heterocycles. The van der Waals surface area contributed by atoms with Gasteiger partial charge in [0.1, 0.15) is 6.33 Å². The summed E-state index contributed by atoms with van der Waals surface area (Å²) >= 11 is 7.76. The number of nitrogens with one attached hydrogen (secondary N) is 3. The molecule has 29 heavy (non-hydrogen) atoms. The van der Waals surface area contributed by atoms with Gasteiger partial charge in [-0.3, -0.25) is 14.7 Å². The van der Waals surface area contributed by atoms with Crippen molar-refractivity contribution < 1.29 is 9.59 Å². The third-order valence-corrected chi connectivity index (χ3v) is 5.63. The normalized spacial score (nSPS) is 13.1. The average molecular weight is 428 g/mol. The predicted molar refractivity (Wildman–Crippen MR) is 112 cm³/mol. The summed E-state index contributed by atoms with van der Waals surface area (Å²) in [5.74, 6) is 0.289. The van der Waals surface area contributed by atoms with Gasteiger partial charge >= 0.3 is 0 Å². The van der Waals surface area contributed by atoms with E-state index < -0.39 is 0 Å². The van der Waals surface area contributed by atoms with E-state index in [0.717, 1.165) is 29.3 Å². The van der Waals surface area contributed by atoms with Crippen LogP contribution in [0.15, 0.2) is 53.9 Å². The molecule has 3 aromatic rings. The zero-order valence-corrected chi connectivity index (χ0v) is 16.9. The molecule has 1 fully saturated rings. The van der Waals surface area contributed by atoms with Crippen molar-refractivity contribution in [2.24, 2.45) is 0 Å². The van der Waals surface area contributed by atoms with Crippen molar-refractivity contribution in [3.63, 3.8) is 0 Å². The summed E-state index contributed by atoms with van der Waals surface area (Å²) in [6, 6.07) is 12.5. The molecular formula is C20H18ClN5O2S. The van der Waals surface area contributed by atoms with Crippen molar-refractivity contribution in [1.29, 1.82) is 0 Å². The van der Waals surface area contributed by atoms with Gasteiger partial charge in [-0.05, 0) is 48.7 Å². The van der Waals surface area contributed by atoms with Crippen molar-refractivity contribution >= 4 is 40.9 Å². The Balaban J connectivity index is 1.35. The Kier molecular flexibility index (Phi) is 5.82. The van der Waals surface area contributed by atoms with E-state index in [0.29, 0.717) is 21.8 Å². The maximum atomic E-state index is 12.5. The van der Waals surface area contributed by atoms with Crippen LogP contribution in [0.5, 0.6) is 0 Å². The van der Waals surface area contributed by atoms with Crippen molar-refractivity contribution in [3.8, 4) is 0 Å². The minimum atomic E-state index is -0.245. The van der Waals surface area contributed by atoms with E-state index in [-0.39, 0.29) is 17.9 Å². The first-order valence-corrected chi connectivity index (χ1v) is 10.4. The molecule has 0 spiro atoms. The molecule has 0 bridgehead atoms. The standard InChI is InChI=1S/C20H18ClN5O2S/c21-17-9-15(7-8-16(17)19(28)24-14-5-6-14)25-18(27)13-3-1-12(2-4-13)10-29-20-22-11-23-26-20/h1-4,7-9,11,14H,5-6,10H2,(H,24,28)(H,25,27)(H,22,23,26). The lowest BCUT2D eigenvalue weighted by molar-refractivity contribution is 0.0950. The molecule has 3 N–H and O–H groups in total. The van der Waals surface area contributed by atoms with Gasteiger partial charge in [0.05, 0.1) is 10.6 Å². The molecule has 1 saturated carbocycles. The second-order valence-corrected chi connectivity index (χ2v) is 8.04. The molecule has 0 radical (unpaired) electrons. The highest BCUT2D eigenvalue weighted by atomic mass is 35.5. The zero-order valence-electron chi connectivity index (χ0n) is 15.3.